The molecule has 1 unspecified atom stereocenters. The van der Waals surface area contributed by atoms with E-state index >= 15 is 0 Å². The fourth-order valence-corrected chi connectivity index (χ4v) is 2.33. The molecule has 1 aromatic rings. The summed E-state index contributed by atoms with van der Waals surface area (Å²) in [5.74, 6) is 0.825. The predicted octanol–water partition coefficient (Wildman–Crippen LogP) is 1.09. The van der Waals surface area contributed by atoms with E-state index in [1.807, 2.05) is 26.0 Å². The first-order chi connectivity index (χ1) is 8.78. The highest BCUT2D eigenvalue weighted by atomic mass is 32.2. The standard InChI is InChI=1S/C13H22N2O3S/c1-10(14)9-12-13(6-5-11(2)15-12)18-7-4-8-19(3,16)17/h5-6,10H,4,7-9,14H2,1-3H3. The lowest BCUT2D eigenvalue weighted by Gasteiger charge is -2.12. The molecule has 0 radical (unpaired) electrons. The number of aromatic nitrogens is 1. The van der Waals surface area contributed by atoms with Crippen molar-refractivity contribution in [1.29, 1.82) is 0 Å². The lowest BCUT2D eigenvalue weighted by Crippen LogP contribution is -2.19. The summed E-state index contributed by atoms with van der Waals surface area (Å²) < 4.78 is 27.6. The number of nitrogens with two attached hydrogens (primary N) is 1. The number of hydrogen-bond donors (Lipinski definition) is 1. The molecule has 0 saturated heterocycles. The van der Waals surface area contributed by atoms with Crippen LogP contribution >= 0.6 is 0 Å². The molecule has 0 fully saturated rings. The van der Waals surface area contributed by atoms with Crippen LogP contribution < -0.4 is 10.5 Å². The minimum atomic E-state index is -2.93. The molecule has 1 rings (SSSR count). The summed E-state index contributed by atoms with van der Waals surface area (Å²) in [7, 11) is -2.93. The zero-order valence-corrected chi connectivity index (χ0v) is 12.5. The third kappa shape index (κ3) is 6.54. The van der Waals surface area contributed by atoms with Crippen molar-refractivity contribution in [2.75, 3.05) is 18.6 Å². The van der Waals surface area contributed by atoms with Crippen LogP contribution in [0.2, 0.25) is 0 Å². The first-order valence-electron chi connectivity index (χ1n) is 6.30. The Morgan fingerprint density at radius 1 is 1.42 bits per heavy atom. The van der Waals surface area contributed by atoms with Crippen LogP contribution in [0.1, 0.15) is 24.7 Å². The maximum atomic E-state index is 11.0. The van der Waals surface area contributed by atoms with Crippen molar-refractivity contribution in [2.45, 2.75) is 32.7 Å². The van der Waals surface area contributed by atoms with Crippen molar-refractivity contribution in [3.05, 3.63) is 23.5 Å². The number of aryl methyl sites for hydroxylation is 1. The molecule has 1 aromatic heterocycles. The Kier molecular flexibility index (Phi) is 5.75. The molecule has 0 saturated carbocycles. The minimum Gasteiger partial charge on any atom is -0.492 e. The molecule has 0 bridgehead atoms. The SMILES string of the molecule is Cc1ccc(OCCCS(C)(=O)=O)c(CC(C)N)n1. The zero-order chi connectivity index (χ0) is 14.5. The molecule has 5 nitrogen and oxygen atoms in total. The van der Waals surface area contributed by atoms with Crippen molar-refractivity contribution in [2.24, 2.45) is 5.73 Å². The fourth-order valence-electron chi connectivity index (χ4n) is 1.68. The van der Waals surface area contributed by atoms with Crippen LogP contribution in [0.15, 0.2) is 12.1 Å². The van der Waals surface area contributed by atoms with Gasteiger partial charge in [-0.05, 0) is 32.4 Å². The van der Waals surface area contributed by atoms with Gasteiger partial charge in [0.15, 0.2) is 0 Å². The predicted molar refractivity (Wildman–Crippen MR) is 76.2 cm³/mol. The average molecular weight is 286 g/mol. The Morgan fingerprint density at radius 3 is 2.68 bits per heavy atom. The smallest absolute Gasteiger partial charge is 0.147 e. The largest absolute Gasteiger partial charge is 0.492 e. The van der Waals surface area contributed by atoms with E-state index in [2.05, 4.69) is 4.98 Å². The van der Waals surface area contributed by atoms with Crippen LogP contribution in [-0.4, -0.2) is 38.1 Å². The van der Waals surface area contributed by atoms with Gasteiger partial charge in [0, 0.05) is 24.4 Å². The van der Waals surface area contributed by atoms with Crippen LogP contribution in [0.3, 0.4) is 0 Å². The third-order valence-corrected chi connectivity index (χ3v) is 3.53. The number of hydrogen-bond acceptors (Lipinski definition) is 5. The molecule has 0 amide bonds. The molecular formula is C13H22N2O3S. The van der Waals surface area contributed by atoms with Gasteiger partial charge >= 0.3 is 0 Å². The molecular weight excluding hydrogens is 264 g/mol. The van der Waals surface area contributed by atoms with Gasteiger partial charge in [0.05, 0.1) is 18.1 Å². The zero-order valence-electron chi connectivity index (χ0n) is 11.7. The van der Waals surface area contributed by atoms with E-state index in [1.165, 1.54) is 6.26 Å². The Balaban J connectivity index is 2.62. The number of ether oxygens (including phenoxy) is 1. The van der Waals surface area contributed by atoms with Gasteiger partial charge in [0.2, 0.25) is 0 Å². The first-order valence-corrected chi connectivity index (χ1v) is 8.36. The number of rotatable bonds is 7. The van der Waals surface area contributed by atoms with Crippen LogP contribution in [0.4, 0.5) is 0 Å². The molecule has 0 aliphatic heterocycles. The summed E-state index contributed by atoms with van der Waals surface area (Å²) in [5.41, 5.74) is 7.52. The van der Waals surface area contributed by atoms with Crippen LogP contribution in [-0.2, 0) is 16.3 Å². The van der Waals surface area contributed by atoms with E-state index in [0.29, 0.717) is 25.2 Å². The van der Waals surface area contributed by atoms with Gasteiger partial charge in [-0.3, -0.25) is 4.98 Å². The van der Waals surface area contributed by atoms with Gasteiger partial charge in [0.1, 0.15) is 15.6 Å². The van der Waals surface area contributed by atoms with Crippen LogP contribution in [0.5, 0.6) is 5.75 Å². The minimum absolute atomic E-state index is 0.00710. The lowest BCUT2D eigenvalue weighted by atomic mass is 10.1. The Hall–Kier alpha value is -1.14. The van der Waals surface area contributed by atoms with Crippen molar-refractivity contribution in [1.82, 2.24) is 4.98 Å². The lowest BCUT2D eigenvalue weighted by molar-refractivity contribution is 0.312. The van der Waals surface area contributed by atoms with Crippen molar-refractivity contribution >= 4 is 9.84 Å². The summed E-state index contributed by atoms with van der Waals surface area (Å²) in [5, 5.41) is 0. The number of nitrogens with zero attached hydrogens (tertiary/aromatic N) is 1. The van der Waals surface area contributed by atoms with Crippen molar-refractivity contribution in [3.8, 4) is 5.75 Å². The van der Waals surface area contributed by atoms with E-state index in [0.717, 1.165) is 11.4 Å². The second kappa shape index (κ2) is 6.86. The highest BCUT2D eigenvalue weighted by Crippen LogP contribution is 2.18. The molecule has 0 aromatic carbocycles. The van der Waals surface area contributed by atoms with Crippen LogP contribution in [0, 0.1) is 6.92 Å². The van der Waals surface area contributed by atoms with Crippen LogP contribution in [0.25, 0.3) is 0 Å². The van der Waals surface area contributed by atoms with E-state index < -0.39 is 9.84 Å². The summed E-state index contributed by atoms with van der Waals surface area (Å²) in [6.07, 6.45) is 2.34. The van der Waals surface area contributed by atoms with Gasteiger partial charge in [-0.15, -0.1) is 0 Å². The summed E-state index contributed by atoms with van der Waals surface area (Å²) in [6.45, 7) is 4.19. The summed E-state index contributed by atoms with van der Waals surface area (Å²) >= 11 is 0. The van der Waals surface area contributed by atoms with Crippen molar-refractivity contribution < 1.29 is 13.2 Å². The van der Waals surface area contributed by atoms with E-state index in [9.17, 15) is 8.42 Å². The van der Waals surface area contributed by atoms with Gasteiger partial charge in [-0.1, -0.05) is 0 Å². The summed E-state index contributed by atoms with van der Waals surface area (Å²) in [6, 6.07) is 3.74. The molecule has 108 valence electrons. The van der Waals surface area contributed by atoms with E-state index in [-0.39, 0.29) is 11.8 Å². The molecule has 19 heavy (non-hydrogen) atoms. The maximum Gasteiger partial charge on any atom is 0.147 e. The van der Waals surface area contributed by atoms with Gasteiger partial charge in [0.25, 0.3) is 0 Å². The Morgan fingerprint density at radius 2 is 2.11 bits per heavy atom. The topological polar surface area (TPSA) is 82.3 Å². The first kappa shape index (κ1) is 15.9. The fraction of sp³-hybridized carbons (Fsp3) is 0.615. The van der Waals surface area contributed by atoms with E-state index in [4.69, 9.17) is 10.5 Å². The van der Waals surface area contributed by atoms with Gasteiger partial charge in [-0.25, -0.2) is 8.42 Å². The molecule has 1 heterocycles. The Labute approximate surface area is 115 Å². The normalized spacial score (nSPS) is 13.3. The molecule has 1 atom stereocenters. The maximum absolute atomic E-state index is 11.0. The number of pyridine rings is 1. The van der Waals surface area contributed by atoms with E-state index in [1.54, 1.807) is 0 Å². The molecule has 0 aliphatic carbocycles. The highest BCUT2D eigenvalue weighted by molar-refractivity contribution is 7.90. The third-order valence-electron chi connectivity index (χ3n) is 2.50. The quantitative estimate of drug-likeness (QED) is 0.759. The second-order valence-electron chi connectivity index (χ2n) is 4.91. The average Bonchev–Trinajstić information content (AvgIpc) is 2.24. The number of sulfone groups is 1. The van der Waals surface area contributed by atoms with Crippen molar-refractivity contribution in [3.63, 3.8) is 0 Å². The molecule has 0 spiro atoms. The summed E-state index contributed by atoms with van der Waals surface area (Å²) in [4.78, 5) is 4.42. The molecule has 2 N–H and O–H groups in total. The van der Waals surface area contributed by atoms with Gasteiger partial charge < -0.3 is 10.5 Å². The second-order valence-corrected chi connectivity index (χ2v) is 7.17. The highest BCUT2D eigenvalue weighted by Gasteiger charge is 2.09. The van der Waals surface area contributed by atoms with Gasteiger partial charge in [-0.2, -0.15) is 0 Å². The monoisotopic (exact) mass is 286 g/mol. The molecule has 6 heteroatoms. The molecule has 0 aliphatic rings. The Bertz CT molecular complexity index is 513.